The van der Waals surface area contributed by atoms with Crippen molar-refractivity contribution in [3.05, 3.63) is 87.7 Å². The van der Waals surface area contributed by atoms with Crippen LogP contribution < -0.4 is 10.1 Å². The Labute approximate surface area is 178 Å². The molecule has 30 heavy (non-hydrogen) atoms. The van der Waals surface area contributed by atoms with Crippen LogP contribution in [0.4, 0.5) is 0 Å². The first-order valence-corrected chi connectivity index (χ1v) is 10.3. The Morgan fingerprint density at radius 2 is 1.73 bits per heavy atom. The molecule has 3 rings (SSSR count). The monoisotopic (exact) mass is 406 g/mol. The van der Waals surface area contributed by atoms with Gasteiger partial charge in [0.15, 0.2) is 0 Å². The summed E-state index contributed by atoms with van der Waals surface area (Å²) in [7, 11) is 0. The van der Waals surface area contributed by atoms with Crippen molar-refractivity contribution in [3.63, 3.8) is 0 Å². The van der Waals surface area contributed by atoms with Crippen LogP contribution in [0, 0.1) is 20.8 Å². The fraction of sp³-hybridized carbons (Fsp3) is 0.320. The average molecular weight is 407 g/mol. The zero-order valence-corrected chi connectivity index (χ0v) is 18.2. The highest BCUT2D eigenvalue weighted by Crippen LogP contribution is 2.24. The molecule has 0 aliphatic heterocycles. The molecule has 0 aliphatic carbocycles. The number of benzene rings is 2. The normalized spacial score (nSPS) is 10.9. The van der Waals surface area contributed by atoms with E-state index in [2.05, 4.69) is 35.0 Å². The van der Waals surface area contributed by atoms with E-state index in [0.29, 0.717) is 31.8 Å². The maximum atomic E-state index is 12.0. The summed E-state index contributed by atoms with van der Waals surface area (Å²) < 4.78 is 7.58. The first-order chi connectivity index (χ1) is 14.4. The second kappa shape index (κ2) is 9.63. The highest BCUT2D eigenvalue weighted by molar-refractivity contribution is 5.91. The predicted octanol–water partition coefficient (Wildman–Crippen LogP) is 4.85. The zero-order valence-electron chi connectivity index (χ0n) is 18.2. The molecule has 0 aliphatic rings. The molecule has 158 valence electrons. The molecule has 0 atom stereocenters. The molecule has 0 saturated carbocycles. The third kappa shape index (κ3) is 4.92. The lowest BCUT2D eigenvalue weighted by atomic mass is 10.1. The third-order valence-electron chi connectivity index (χ3n) is 5.41. The third-order valence-corrected chi connectivity index (χ3v) is 5.41. The van der Waals surface area contributed by atoms with Crippen LogP contribution in [-0.2, 0) is 19.6 Å². The van der Waals surface area contributed by atoms with Gasteiger partial charge in [-0.1, -0.05) is 42.0 Å². The summed E-state index contributed by atoms with van der Waals surface area (Å²) >= 11 is 0. The van der Waals surface area contributed by atoms with E-state index in [1.54, 1.807) is 0 Å². The highest BCUT2D eigenvalue weighted by atomic mass is 16.5. The van der Waals surface area contributed by atoms with Crippen molar-refractivity contribution >= 4 is 5.97 Å². The summed E-state index contributed by atoms with van der Waals surface area (Å²) in [5, 5.41) is 13.2. The molecule has 2 aromatic carbocycles. The quantitative estimate of drug-likeness (QED) is 0.533. The number of ether oxygens (including phenoxy) is 1. The second-order valence-corrected chi connectivity index (χ2v) is 7.59. The van der Waals surface area contributed by atoms with Crippen molar-refractivity contribution in [1.29, 1.82) is 0 Å². The van der Waals surface area contributed by atoms with Gasteiger partial charge in [0.05, 0.1) is 12.2 Å². The van der Waals surface area contributed by atoms with Gasteiger partial charge in [-0.05, 0) is 51.0 Å². The maximum absolute atomic E-state index is 12.0. The van der Waals surface area contributed by atoms with E-state index in [-0.39, 0.29) is 0 Å². The molecular formula is C25H30N2O3. The fourth-order valence-corrected chi connectivity index (χ4v) is 3.88. The van der Waals surface area contributed by atoms with E-state index in [1.807, 2.05) is 51.1 Å². The average Bonchev–Trinajstić information content (AvgIpc) is 2.94. The lowest BCUT2D eigenvalue weighted by Crippen LogP contribution is -2.15. The summed E-state index contributed by atoms with van der Waals surface area (Å²) in [5.74, 6) is -0.0226. The van der Waals surface area contributed by atoms with Gasteiger partial charge in [0.1, 0.15) is 5.75 Å². The maximum Gasteiger partial charge on any atom is 0.337 e. The van der Waals surface area contributed by atoms with Crippen LogP contribution in [0.15, 0.2) is 48.5 Å². The summed E-state index contributed by atoms with van der Waals surface area (Å²) in [6, 6.07) is 16.3. The molecular weight excluding hydrogens is 376 g/mol. The number of nitrogens with zero attached hydrogens (tertiary/aromatic N) is 1. The van der Waals surface area contributed by atoms with Gasteiger partial charge in [0.2, 0.25) is 0 Å². The molecule has 0 spiro atoms. The zero-order chi connectivity index (χ0) is 21.7. The van der Waals surface area contributed by atoms with Gasteiger partial charge in [0.25, 0.3) is 0 Å². The molecule has 0 bridgehead atoms. The van der Waals surface area contributed by atoms with Gasteiger partial charge in [-0.25, -0.2) is 4.79 Å². The summed E-state index contributed by atoms with van der Waals surface area (Å²) in [6.45, 7) is 10.4. The summed E-state index contributed by atoms with van der Waals surface area (Å²) in [5.41, 5.74) is 6.53. The van der Waals surface area contributed by atoms with E-state index >= 15 is 0 Å². The van der Waals surface area contributed by atoms with E-state index in [0.717, 1.165) is 28.3 Å². The van der Waals surface area contributed by atoms with Gasteiger partial charge in [0, 0.05) is 36.6 Å². The van der Waals surface area contributed by atoms with Gasteiger partial charge >= 0.3 is 5.97 Å². The van der Waals surface area contributed by atoms with Crippen LogP contribution in [0.1, 0.15) is 50.9 Å². The van der Waals surface area contributed by atoms with Crippen LogP contribution in [0.2, 0.25) is 0 Å². The van der Waals surface area contributed by atoms with Gasteiger partial charge < -0.3 is 19.7 Å². The van der Waals surface area contributed by atoms with Crippen LogP contribution >= 0.6 is 0 Å². The molecule has 5 nitrogen and oxygen atoms in total. The molecule has 3 aromatic rings. The number of aryl methyl sites for hydroxylation is 1. The smallest absolute Gasteiger partial charge is 0.337 e. The van der Waals surface area contributed by atoms with E-state index < -0.39 is 5.97 Å². The first kappa shape index (κ1) is 21.7. The number of hydrogen-bond acceptors (Lipinski definition) is 3. The molecule has 1 heterocycles. The van der Waals surface area contributed by atoms with Crippen molar-refractivity contribution in [2.45, 2.75) is 47.3 Å². The number of nitrogens with one attached hydrogen (secondary N) is 1. The Morgan fingerprint density at radius 1 is 1.00 bits per heavy atom. The van der Waals surface area contributed by atoms with Crippen LogP contribution in [0.3, 0.4) is 0 Å². The first-order valence-electron chi connectivity index (χ1n) is 10.3. The van der Waals surface area contributed by atoms with Crippen molar-refractivity contribution < 1.29 is 14.6 Å². The number of hydrogen-bond donors (Lipinski definition) is 2. The Balaban J connectivity index is 1.77. The number of rotatable bonds is 9. The molecule has 1 aromatic heterocycles. The lowest BCUT2D eigenvalue weighted by Gasteiger charge is -2.11. The number of carboxylic acid groups (broad SMARTS) is 1. The van der Waals surface area contributed by atoms with Gasteiger partial charge in [-0.3, -0.25) is 0 Å². The van der Waals surface area contributed by atoms with E-state index in [4.69, 9.17) is 4.74 Å². The Kier molecular flexibility index (Phi) is 6.95. The van der Waals surface area contributed by atoms with Crippen LogP contribution in [0.5, 0.6) is 5.75 Å². The molecule has 0 saturated heterocycles. The minimum atomic E-state index is -0.878. The largest absolute Gasteiger partial charge is 0.494 e. The van der Waals surface area contributed by atoms with Crippen molar-refractivity contribution in [3.8, 4) is 5.75 Å². The molecule has 2 N–H and O–H groups in total. The number of aromatic nitrogens is 1. The SMILES string of the molecule is CCOc1ccc(CNCc2c(C(=O)O)c(C)n(Cc3cccc(C)c3)c2C)cc1. The number of carboxylic acids is 1. The summed E-state index contributed by atoms with van der Waals surface area (Å²) in [4.78, 5) is 12.0. The minimum Gasteiger partial charge on any atom is -0.494 e. The minimum absolute atomic E-state index is 0.402. The predicted molar refractivity (Wildman–Crippen MR) is 119 cm³/mol. The second-order valence-electron chi connectivity index (χ2n) is 7.59. The van der Waals surface area contributed by atoms with Crippen molar-refractivity contribution in [2.24, 2.45) is 0 Å². The van der Waals surface area contributed by atoms with Crippen LogP contribution in [0.25, 0.3) is 0 Å². The van der Waals surface area contributed by atoms with Crippen molar-refractivity contribution in [2.75, 3.05) is 6.61 Å². The summed E-state index contributed by atoms with van der Waals surface area (Å²) in [6.07, 6.45) is 0. The fourth-order valence-electron chi connectivity index (χ4n) is 3.88. The molecule has 0 unspecified atom stereocenters. The molecule has 5 heteroatoms. The topological polar surface area (TPSA) is 63.5 Å². The van der Waals surface area contributed by atoms with Gasteiger partial charge in [-0.2, -0.15) is 0 Å². The van der Waals surface area contributed by atoms with Crippen LogP contribution in [-0.4, -0.2) is 22.2 Å². The number of aromatic carboxylic acids is 1. The molecule has 0 amide bonds. The van der Waals surface area contributed by atoms with E-state index in [9.17, 15) is 9.90 Å². The Bertz CT molecular complexity index is 1020. The Hall–Kier alpha value is -3.05. The Morgan fingerprint density at radius 3 is 2.37 bits per heavy atom. The van der Waals surface area contributed by atoms with E-state index in [1.165, 1.54) is 11.1 Å². The number of carbonyl (C=O) groups is 1. The van der Waals surface area contributed by atoms with Gasteiger partial charge in [-0.15, -0.1) is 0 Å². The van der Waals surface area contributed by atoms with Crippen molar-refractivity contribution in [1.82, 2.24) is 9.88 Å². The highest BCUT2D eigenvalue weighted by Gasteiger charge is 2.22. The standard InChI is InChI=1S/C25H30N2O3/c1-5-30-22-11-9-20(10-12-22)14-26-15-23-18(3)27(19(4)24(23)25(28)29)16-21-8-6-7-17(2)13-21/h6-13,26H,5,14-16H2,1-4H3,(H,28,29). The molecule has 0 radical (unpaired) electrons. The molecule has 0 fully saturated rings. The lowest BCUT2D eigenvalue weighted by molar-refractivity contribution is 0.0694.